The molecule has 38 heavy (non-hydrogen) atoms. The number of aryl methyl sites for hydroxylation is 1. The van der Waals surface area contributed by atoms with Gasteiger partial charge in [-0.3, -0.25) is 15.1 Å². The third-order valence-corrected chi connectivity index (χ3v) is 7.30. The summed E-state index contributed by atoms with van der Waals surface area (Å²) in [4.78, 5) is 17.4. The van der Waals surface area contributed by atoms with E-state index in [0.717, 1.165) is 31.3 Å². The van der Waals surface area contributed by atoms with Crippen molar-refractivity contribution in [3.63, 3.8) is 0 Å². The van der Waals surface area contributed by atoms with Gasteiger partial charge >= 0.3 is 0 Å². The second-order valence-electron chi connectivity index (χ2n) is 8.07. The topological polar surface area (TPSA) is 175 Å². The molecule has 14 heteroatoms. The van der Waals surface area contributed by atoms with Crippen molar-refractivity contribution >= 4 is 43.1 Å². The van der Waals surface area contributed by atoms with Crippen molar-refractivity contribution in [2.24, 2.45) is 10.7 Å². The number of nitriles is 1. The lowest BCUT2D eigenvalue weighted by molar-refractivity contribution is 0.100. The van der Waals surface area contributed by atoms with Gasteiger partial charge in [-0.25, -0.2) is 21.6 Å². The molecule has 0 saturated carbocycles. The number of likely N-dealkylation sites (tertiary alicyclic amines) is 1. The van der Waals surface area contributed by atoms with Gasteiger partial charge in [-0.1, -0.05) is 25.1 Å². The fourth-order valence-electron chi connectivity index (χ4n) is 2.81. The number of carbonyl (C=O) groups excluding carboxylic acids is 1. The molecule has 0 unspecified atom stereocenters. The van der Waals surface area contributed by atoms with Crippen molar-refractivity contribution in [2.45, 2.75) is 38.0 Å². The molecule has 0 atom stereocenters. The van der Waals surface area contributed by atoms with Gasteiger partial charge in [-0.05, 0) is 55.3 Å². The van der Waals surface area contributed by atoms with Crippen molar-refractivity contribution in [3.05, 3.63) is 52.2 Å². The van der Waals surface area contributed by atoms with Gasteiger partial charge in [0.15, 0.2) is 16.0 Å². The summed E-state index contributed by atoms with van der Waals surface area (Å²) in [6, 6.07) is 10.4. The molecule has 2 heterocycles. The molecule has 1 fully saturated rings. The van der Waals surface area contributed by atoms with Gasteiger partial charge in [0, 0.05) is 32.9 Å². The molecular formula is C24H38N6O5S3. The van der Waals surface area contributed by atoms with Crippen LogP contribution in [0.5, 0.6) is 0 Å². The molecule has 0 aliphatic carbocycles. The van der Waals surface area contributed by atoms with Gasteiger partial charge in [0.1, 0.15) is 0 Å². The largest absolute Gasteiger partial charge is 0.365 e. The van der Waals surface area contributed by atoms with E-state index in [4.69, 9.17) is 11.0 Å². The smallest absolute Gasteiger partial charge is 0.258 e. The van der Waals surface area contributed by atoms with Gasteiger partial charge in [0.2, 0.25) is 16.0 Å². The summed E-state index contributed by atoms with van der Waals surface area (Å²) in [5, 5.41) is 12.7. The summed E-state index contributed by atoms with van der Waals surface area (Å²) in [6.07, 6.45) is 7.48. The molecule has 2 aromatic rings. The van der Waals surface area contributed by atoms with E-state index in [9.17, 15) is 21.6 Å². The molecule has 1 aromatic carbocycles. The van der Waals surface area contributed by atoms with E-state index in [-0.39, 0.29) is 5.91 Å². The number of thiophene rings is 1. The number of aliphatic imine (C=N–C) groups is 1. The zero-order chi connectivity index (χ0) is 29.2. The van der Waals surface area contributed by atoms with Crippen LogP contribution in [-0.2, 0) is 19.9 Å². The van der Waals surface area contributed by atoms with Crippen LogP contribution in [0.2, 0.25) is 0 Å². The van der Waals surface area contributed by atoms with Crippen molar-refractivity contribution in [1.29, 1.82) is 5.26 Å². The van der Waals surface area contributed by atoms with Crippen molar-refractivity contribution < 1.29 is 21.6 Å². The number of guanidine groups is 1. The molecular weight excluding hydrogens is 549 g/mol. The second-order valence-corrected chi connectivity index (χ2v) is 12.9. The zero-order valence-electron chi connectivity index (χ0n) is 22.5. The number of sulfonamides is 1. The minimum atomic E-state index is -3.03. The van der Waals surface area contributed by atoms with E-state index in [1.54, 1.807) is 37.4 Å². The quantitative estimate of drug-likeness (QED) is 0.207. The molecule has 0 bridgehead atoms. The summed E-state index contributed by atoms with van der Waals surface area (Å²) >= 11 is 1.36. The molecule has 0 spiro atoms. The highest BCUT2D eigenvalue weighted by molar-refractivity contribution is 7.90. The van der Waals surface area contributed by atoms with Crippen molar-refractivity contribution in [2.75, 3.05) is 39.2 Å². The lowest BCUT2D eigenvalue weighted by Crippen LogP contribution is -2.36. The van der Waals surface area contributed by atoms with Gasteiger partial charge in [-0.2, -0.15) is 5.26 Å². The van der Waals surface area contributed by atoms with Crippen LogP contribution in [0.4, 0.5) is 0 Å². The predicted octanol–water partition coefficient (Wildman–Crippen LogP) is 2.33. The van der Waals surface area contributed by atoms with Crippen LogP contribution in [-0.4, -0.2) is 72.8 Å². The maximum Gasteiger partial charge on any atom is 0.258 e. The van der Waals surface area contributed by atoms with Crippen LogP contribution >= 0.6 is 11.3 Å². The third-order valence-electron chi connectivity index (χ3n) is 4.58. The minimum absolute atomic E-state index is 0.347. The van der Waals surface area contributed by atoms with E-state index >= 15 is 0 Å². The number of nitrogens with one attached hydrogen (secondary N) is 2. The van der Waals surface area contributed by atoms with Crippen LogP contribution in [0.15, 0.2) is 51.7 Å². The lowest BCUT2D eigenvalue weighted by Gasteiger charge is -2.16. The van der Waals surface area contributed by atoms with E-state index in [1.807, 2.05) is 31.5 Å². The summed E-state index contributed by atoms with van der Waals surface area (Å²) in [7, 11) is -4.27. The average Bonchev–Trinajstić information content (AvgIpc) is 3.56. The van der Waals surface area contributed by atoms with Crippen molar-refractivity contribution in [3.8, 4) is 6.19 Å². The maximum atomic E-state index is 11.0. The predicted molar refractivity (Wildman–Crippen MR) is 153 cm³/mol. The zero-order valence-corrected chi connectivity index (χ0v) is 24.9. The summed E-state index contributed by atoms with van der Waals surface area (Å²) < 4.78 is 44.9. The number of benzene rings is 1. The summed E-state index contributed by atoms with van der Waals surface area (Å²) in [5.41, 5.74) is 5.90. The highest BCUT2D eigenvalue weighted by Gasteiger charge is 2.14. The Kier molecular flexibility index (Phi) is 16.9. The number of carbonyl (C=O) groups is 1. The fourth-order valence-corrected chi connectivity index (χ4v) is 4.69. The Morgan fingerprint density at radius 2 is 1.79 bits per heavy atom. The maximum absolute atomic E-state index is 11.0. The Morgan fingerprint density at radius 3 is 2.11 bits per heavy atom. The Labute approximate surface area is 230 Å². The first-order chi connectivity index (χ1) is 17.7. The first kappa shape index (κ1) is 35.0. The highest BCUT2D eigenvalue weighted by atomic mass is 32.2. The average molecular weight is 587 g/mol. The number of hydrogen-bond donors (Lipinski definition) is 3. The van der Waals surface area contributed by atoms with Gasteiger partial charge in [0.05, 0.1) is 16.0 Å². The normalized spacial score (nSPS) is 12.9. The monoisotopic (exact) mass is 586 g/mol. The number of sulfone groups is 1. The van der Waals surface area contributed by atoms with E-state index < -0.39 is 19.9 Å². The Morgan fingerprint density at radius 1 is 1.16 bits per heavy atom. The molecule has 4 N–H and O–H groups in total. The Bertz CT molecular complexity index is 1250. The molecule has 1 aliphatic rings. The molecule has 1 amide bonds. The van der Waals surface area contributed by atoms with Crippen LogP contribution < -0.4 is 15.8 Å². The number of rotatable bonds is 5. The lowest BCUT2D eigenvalue weighted by atomic mass is 10.2. The first-order valence-electron chi connectivity index (χ1n) is 11.7. The molecule has 1 aliphatic heterocycles. The van der Waals surface area contributed by atoms with E-state index in [1.165, 1.54) is 30.4 Å². The second kappa shape index (κ2) is 18.3. The molecule has 3 rings (SSSR count). The summed E-state index contributed by atoms with van der Waals surface area (Å²) in [5.74, 6) is 0.352. The van der Waals surface area contributed by atoms with Gasteiger partial charge in [-0.15, -0.1) is 11.3 Å². The molecule has 11 nitrogen and oxygen atoms in total. The number of nitrogens with zero attached hydrogens (tertiary/aromatic N) is 3. The van der Waals surface area contributed by atoms with Crippen molar-refractivity contribution in [1.82, 2.24) is 14.9 Å². The van der Waals surface area contributed by atoms with Crippen LogP contribution in [0.1, 0.15) is 41.4 Å². The Hall–Kier alpha value is -2.99. The number of primary amides is 1. The standard InChI is InChI=1S/C8H10O2S.C7H12N4.C5H5NOS.C4H11NO2S/c1-7-4-3-5-8(6-7)11(2,9)10;1-9-7(10-6-8)11-4-2-3-5-11;6-5(7)4-2-1-3-8-4;1-3-4-5-8(2,6)7/h3-6H,1-2H3;2-5H2,1H3,(H,9,10);1-3H,(H2,6,7);5H,3-4H2,1-2H3. The Balaban J connectivity index is 0.000000486. The number of hydrogen-bond acceptors (Lipinski definition) is 8. The molecule has 0 radical (unpaired) electrons. The SMILES string of the molecule is CCCNS(C)(=O)=O.CN=C(NC#N)N1CCCC1.Cc1cccc(S(C)(=O)=O)c1.NC(=O)c1cccs1. The van der Waals surface area contributed by atoms with E-state index in [0.29, 0.717) is 22.3 Å². The van der Waals surface area contributed by atoms with E-state index in [2.05, 4.69) is 19.9 Å². The summed E-state index contributed by atoms with van der Waals surface area (Å²) in [6.45, 7) is 6.36. The van der Waals surface area contributed by atoms with Gasteiger partial charge in [0.25, 0.3) is 5.91 Å². The molecule has 212 valence electrons. The third kappa shape index (κ3) is 16.7. The van der Waals surface area contributed by atoms with Gasteiger partial charge < -0.3 is 10.6 Å². The number of nitrogens with two attached hydrogens (primary N) is 1. The van der Waals surface area contributed by atoms with Crippen LogP contribution in [0, 0.1) is 18.4 Å². The number of amides is 1. The fraction of sp³-hybridized carbons (Fsp3) is 0.458. The van der Waals surface area contributed by atoms with Crippen LogP contribution in [0.3, 0.4) is 0 Å². The molecule has 1 aromatic heterocycles. The minimum Gasteiger partial charge on any atom is -0.365 e. The first-order valence-corrected chi connectivity index (χ1v) is 16.3. The highest BCUT2D eigenvalue weighted by Crippen LogP contribution is 2.10. The molecule has 1 saturated heterocycles. The van der Waals surface area contributed by atoms with Crippen LogP contribution in [0.25, 0.3) is 0 Å².